The molecule has 6 rings (SSSR count). The lowest BCUT2D eigenvalue weighted by Gasteiger charge is -2.12. The van der Waals surface area contributed by atoms with Crippen LogP contribution in [0.15, 0.2) is 40.2 Å². The van der Waals surface area contributed by atoms with Gasteiger partial charge in [-0.25, -0.2) is 22.5 Å². The van der Waals surface area contributed by atoms with E-state index in [1.807, 2.05) is 0 Å². The highest BCUT2D eigenvalue weighted by Gasteiger charge is 2.18. The predicted octanol–water partition coefficient (Wildman–Crippen LogP) is 4.37. The Bertz CT molecular complexity index is 1460. The van der Waals surface area contributed by atoms with E-state index in [-0.39, 0.29) is 48.0 Å². The van der Waals surface area contributed by atoms with Gasteiger partial charge in [0.25, 0.3) is 5.56 Å². The summed E-state index contributed by atoms with van der Waals surface area (Å²) < 4.78 is 73.9. The fourth-order valence-electron chi connectivity index (χ4n) is 4.08. The first-order valence-corrected chi connectivity index (χ1v) is 13.7. The Kier molecular flexibility index (Phi) is 11.1. The molecule has 0 aliphatic carbocycles. The quantitative estimate of drug-likeness (QED) is 0.301. The van der Waals surface area contributed by atoms with Crippen molar-refractivity contribution in [2.24, 2.45) is 4.99 Å². The van der Waals surface area contributed by atoms with Gasteiger partial charge in [0.15, 0.2) is 35.3 Å². The molecule has 2 fully saturated rings. The van der Waals surface area contributed by atoms with E-state index in [1.165, 1.54) is 4.57 Å². The summed E-state index contributed by atoms with van der Waals surface area (Å²) in [5.74, 6) is -4.06. The topological polar surface area (TPSA) is 101 Å². The molecule has 2 saturated heterocycles. The number of alkyl halides is 1. The van der Waals surface area contributed by atoms with Crippen molar-refractivity contribution < 1.29 is 41.3 Å². The summed E-state index contributed by atoms with van der Waals surface area (Å²) in [6.07, 6.45) is 3.81. The van der Waals surface area contributed by atoms with E-state index in [9.17, 15) is 27.2 Å². The van der Waals surface area contributed by atoms with E-state index in [0.29, 0.717) is 30.8 Å². The Hall–Kier alpha value is -3.04. The Balaban J connectivity index is 0.000000158. The zero-order valence-corrected chi connectivity index (χ0v) is 23.2. The molecule has 0 N–H and O–H groups in total. The van der Waals surface area contributed by atoms with Crippen molar-refractivity contribution in [3.63, 3.8) is 0 Å². The van der Waals surface area contributed by atoms with Crippen LogP contribution in [0, 0.1) is 23.3 Å². The summed E-state index contributed by atoms with van der Waals surface area (Å²) in [7, 11) is 0. The van der Waals surface area contributed by atoms with Crippen LogP contribution in [0.25, 0.3) is 11.0 Å². The second kappa shape index (κ2) is 14.7. The lowest BCUT2D eigenvalue weighted by Crippen LogP contribution is -2.23. The van der Waals surface area contributed by atoms with Crippen molar-refractivity contribution in [2.75, 3.05) is 31.9 Å². The molecule has 0 radical (unpaired) electrons. The van der Waals surface area contributed by atoms with Crippen molar-refractivity contribution in [2.45, 2.75) is 38.2 Å². The third-order valence-electron chi connectivity index (χ3n) is 6.12. The maximum absolute atomic E-state index is 13.3. The number of aliphatic imine (C=N–C) groups is 1. The molecular weight excluding hydrogens is 618 g/mol. The minimum absolute atomic E-state index is 0.0642. The monoisotopic (exact) mass is 643 g/mol. The van der Waals surface area contributed by atoms with Gasteiger partial charge in [-0.1, -0.05) is 15.9 Å². The zero-order valence-electron chi connectivity index (χ0n) is 21.7. The number of Topliss-reactive ketones (excluding diaryl/α,β-unsaturated/α-hetero) is 1. The summed E-state index contributed by atoms with van der Waals surface area (Å²) in [6.45, 7) is 2.57. The molecule has 41 heavy (non-hydrogen) atoms. The first kappa shape index (κ1) is 30.9. The molecule has 0 spiro atoms. The van der Waals surface area contributed by atoms with Crippen LogP contribution in [0.3, 0.4) is 0 Å². The van der Waals surface area contributed by atoms with Gasteiger partial charge in [-0.15, -0.1) is 0 Å². The smallest absolute Gasteiger partial charge is 0.269 e. The number of rotatable bonds is 5. The van der Waals surface area contributed by atoms with E-state index >= 15 is 0 Å². The van der Waals surface area contributed by atoms with Crippen molar-refractivity contribution >= 4 is 44.6 Å². The molecule has 3 aliphatic heterocycles. The number of aromatic nitrogens is 2. The Labute approximate surface area is 240 Å². The highest BCUT2D eigenvalue weighted by Crippen LogP contribution is 2.25. The molecular formula is C27H26BrF4N3O6. The number of hydrogen-bond acceptors (Lipinski definition) is 8. The zero-order chi connectivity index (χ0) is 29.4. The SMILES string of the molecule is BrCCC1OCCO1.O=C1C=Nc2cc(F)c(F)cc2C1.O=c1cnc2cc(F)c(F)cc2n1CCC1COCO1. The Morgan fingerprint density at radius 2 is 1.63 bits per heavy atom. The van der Waals surface area contributed by atoms with Crippen LogP contribution in [0.5, 0.6) is 0 Å². The van der Waals surface area contributed by atoms with Crippen molar-refractivity contribution in [3.8, 4) is 0 Å². The minimum Gasteiger partial charge on any atom is -0.353 e. The van der Waals surface area contributed by atoms with Gasteiger partial charge in [0.05, 0.1) is 55.1 Å². The number of carbonyl (C=O) groups is 1. The van der Waals surface area contributed by atoms with Crippen molar-refractivity contribution in [1.82, 2.24) is 9.55 Å². The number of ketones is 1. The number of hydrogen-bond donors (Lipinski definition) is 0. The van der Waals surface area contributed by atoms with Gasteiger partial charge >= 0.3 is 0 Å². The van der Waals surface area contributed by atoms with Gasteiger partial charge in [0.2, 0.25) is 0 Å². The molecule has 1 aromatic heterocycles. The van der Waals surface area contributed by atoms with Gasteiger partial charge in [-0.3, -0.25) is 14.6 Å². The molecule has 1 unspecified atom stereocenters. The van der Waals surface area contributed by atoms with Crippen LogP contribution in [0.4, 0.5) is 23.2 Å². The van der Waals surface area contributed by atoms with Crippen molar-refractivity contribution in [1.29, 1.82) is 0 Å². The number of fused-ring (bicyclic) bond motifs is 2. The van der Waals surface area contributed by atoms with Crippen LogP contribution in [0.1, 0.15) is 18.4 Å². The van der Waals surface area contributed by atoms with Gasteiger partial charge in [0.1, 0.15) is 6.79 Å². The largest absolute Gasteiger partial charge is 0.353 e. The van der Waals surface area contributed by atoms with E-state index in [1.54, 1.807) is 0 Å². The van der Waals surface area contributed by atoms with Crippen LogP contribution >= 0.6 is 15.9 Å². The van der Waals surface area contributed by atoms with E-state index in [4.69, 9.17) is 18.9 Å². The van der Waals surface area contributed by atoms with Gasteiger partial charge in [-0.05, 0) is 18.1 Å². The molecule has 3 aliphatic rings. The fraction of sp³-hybridized carbons (Fsp3) is 0.407. The lowest BCUT2D eigenvalue weighted by atomic mass is 10.0. The van der Waals surface area contributed by atoms with Gasteiger partial charge in [-0.2, -0.15) is 0 Å². The summed E-state index contributed by atoms with van der Waals surface area (Å²) in [4.78, 5) is 30.2. The highest BCUT2D eigenvalue weighted by molar-refractivity contribution is 9.09. The van der Waals surface area contributed by atoms with E-state index < -0.39 is 23.3 Å². The number of halogens is 5. The third kappa shape index (κ3) is 8.49. The highest BCUT2D eigenvalue weighted by atomic mass is 79.9. The number of nitrogens with zero attached hydrogens (tertiary/aromatic N) is 3. The Morgan fingerprint density at radius 1 is 0.927 bits per heavy atom. The number of ether oxygens (including phenoxy) is 4. The lowest BCUT2D eigenvalue weighted by molar-refractivity contribution is -0.112. The normalized spacial score (nSPS) is 18.1. The van der Waals surface area contributed by atoms with Gasteiger partial charge < -0.3 is 23.5 Å². The van der Waals surface area contributed by atoms with Crippen LogP contribution in [0.2, 0.25) is 0 Å². The fourth-order valence-corrected chi connectivity index (χ4v) is 4.45. The molecule has 4 heterocycles. The van der Waals surface area contributed by atoms with Crippen LogP contribution < -0.4 is 5.56 Å². The summed E-state index contributed by atoms with van der Waals surface area (Å²) >= 11 is 3.30. The average Bonchev–Trinajstić information content (AvgIpc) is 3.66. The molecule has 220 valence electrons. The molecule has 0 bridgehead atoms. The standard InChI is InChI=1S/C13H12F2N2O3.C9H5F2NO.C5H9BrO2/c14-9-3-11-12(4-10(9)15)17(13(18)5-16-11)2-1-8-6-19-7-20-8;10-7-2-5-1-6(13)4-12-9(5)3-8(7)11;6-2-1-5-7-3-4-8-5/h3-5,8H,1-2,6-7H2;2-4H,1H2;5H,1-4H2. The molecule has 3 aromatic rings. The maximum Gasteiger partial charge on any atom is 0.269 e. The first-order chi connectivity index (χ1) is 19.7. The number of carbonyl (C=O) groups excluding carboxylic acids is 1. The minimum atomic E-state index is -1.00. The maximum atomic E-state index is 13.3. The van der Waals surface area contributed by atoms with Crippen LogP contribution in [-0.2, 0) is 36.7 Å². The first-order valence-electron chi connectivity index (χ1n) is 12.6. The molecule has 2 aromatic carbocycles. The summed E-state index contributed by atoms with van der Waals surface area (Å²) in [5.41, 5.74) is 0.926. The van der Waals surface area contributed by atoms with Gasteiger partial charge in [0, 0.05) is 42.9 Å². The molecule has 0 saturated carbocycles. The molecule has 9 nitrogen and oxygen atoms in total. The Morgan fingerprint density at radius 3 is 2.34 bits per heavy atom. The molecule has 0 amide bonds. The number of benzene rings is 2. The van der Waals surface area contributed by atoms with Crippen molar-refractivity contribution in [3.05, 3.63) is 69.6 Å². The second-order valence-electron chi connectivity index (χ2n) is 9.01. The summed E-state index contributed by atoms with van der Waals surface area (Å²) in [6, 6.07) is 3.98. The molecule has 1 atom stereocenters. The summed E-state index contributed by atoms with van der Waals surface area (Å²) in [5, 5.41) is 0.956. The molecule has 14 heteroatoms. The van der Waals surface area contributed by atoms with E-state index in [0.717, 1.165) is 61.6 Å². The average molecular weight is 644 g/mol. The second-order valence-corrected chi connectivity index (χ2v) is 9.81. The third-order valence-corrected chi connectivity index (χ3v) is 6.58. The predicted molar refractivity (Wildman–Crippen MR) is 144 cm³/mol. The number of aryl methyl sites for hydroxylation is 1. The van der Waals surface area contributed by atoms with E-state index in [2.05, 4.69) is 25.9 Å². The van der Waals surface area contributed by atoms with Crippen LogP contribution in [-0.4, -0.2) is 65.9 Å².